The maximum absolute atomic E-state index is 11.5. The van der Waals surface area contributed by atoms with Crippen LogP contribution in [-0.4, -0.2) is 87.6 Å². The number of ether oxygens (including phenoxy) is 4. The number of benzene rings is 1. The Morgan fingerprint density at radius 3 is 2.12 bits per heavy atom. The maximum Gasteiger partial charge on any atom is 0.299 e. The molecule has 0 aliphatic carbocycles. The van der Waals surface area contributed by atoms with Crippen LogP contribution in [0.3, 0.4) is 0 Å². The van der Waals surface area contributed by atoms with E-state index >= 15 is 0 Å². The van der Waals surface area contributed by atoms with Crippen molar-refractivity contribution in [2.24, 2.45) is 5.73 Å². The summed E-state index contributed by atoms with van der Waals surface area (Å²) in [4.78, 5) is 42.4. The fraction of sp³-hybridized carbons (Fsp3) is 0.579. The number of hydrogen-bond acceptors (Lipinski definition) is 11. The summed E-state index contributed by atoms with van der Waals surface area (Å²) in [5.74, 6) is -0.751. The molecule has 1 aromatic rings. The Labute approximate surface area is 195 Å². The van der Waals surface area contributed by atoms with E-state index in [1.165, 1.54) is 12.1 Å². The van der Waals surface area contributed by atoms with Crippen molar-refractivity contribution in [1.82, 2.24) is 5.32 Å². The van der Waals surface area contributed by atoms with Crippen molar-refractivity contribution in [1.29, 1.82) is 0 Å². The highest BCUT2D eigenvalue weighted by atomic mass is 16.6. The SMILES string of the molecule is NC(=O)CCOCCNC(=O)COCCOCCOCCNc1ccc([N+](=O)[O-])cc1[N+](=O)[O-]. The zero-order valence-corrected chi connectivity index (χ0v) is 18.6. The molecule has 15 heteroatoms. The first kappa shape index (κ1) is 28.6. The number of nitrogens with zero attached hydrogens (tertiary/aromatic N) is 2. The van der Waals surface area contributed by atoms with Crippen molar-refractivity contribution in [3.63, 3.8) is 0 Å². The zero-order valence-electron chi connectivity index (χ0n) is 18.6. The number of nitro groups is 2. The van der Waals surface area contributed by atoms with E-state index in [4.69, 9.17) is 24.7 Å². The van der Waals surface area contributed by atoms with Gasteiger partial charge in [-0.25, -0.2) is 0 Å². The highest BCUT2D eigenvalue weighted by molar-refractivity contribution is 5.77. The number of non-ortho nitro benzene ring substituents is 1. The molecule has 0 fully saturated rings. The van der Waals surface area contributed by atoms with Gasteiger partial charge in [-0.15, -0.1) is 0 Å². The van der Waals surface area contributed by atoms with Gasteiger partial charge in [-0.3, -0.25) is 29.8 Å². The van der Waals surface area contributed by atoms with Gasteiger partial charge in [-0.1, -0.05) is 0 Å². The van der Waals surface area contributed by atoms with Gasteiger partial charge >= 0.3 is 0 Å². The lowest BCUT2D eigenvalue weighted by molar-refractivity contribution is -0.393. The molecule has 0 saturated heterocycles. The molecular weight excluding hydrogens is 458 g/mol. The fourth-order valence-corrected chi connectivity index (χ4v) is 2.39. The molecule has 0 unspecified atom stereocenters. The van der Waals surface area contributed by atoms with Crippen LogP contribution in [0.4, 0.5) is 17.1 Å². The largest absolute Gasteiger partial charge is 0.379 e. The Kier molecular flexibility index (Phi) is 14.4. The predicted molar refractivity (Wildman–Crippen MR) is 118 cm³/mol. The van der Waals surface area contributed by atoms with Crippen molar-refractivity contribution in [3.05, 3.63) is 38.4 Å². The van der Waals surface area contributed by atoms with Gasteiger partial charge in [0.1, 0.15) is 12.3 Å². The van der Waals surface area contributed by atoms with Crippen LogP contribution >= 0.6 is 0 Å². The van der Waals surface area contributed by atoms with Crippen LogP contribution in [0.1, 0.15) is 6.42 Å². The topological polar surface area (TPSA) is 207 Å². The second-order valence-corrected chi connectivity index (χ2v) is 6.60. The monoisotopic (exact) mass is 487 g/mol. The second kappa shape index (κ2) is 17.1. The van der Waals surface area contributed by atoms with Gasteiger partial charge in [0.05, 0.1) is 62.2 Å². The summed E-state index contributed by atoms with van der Waals surface area (Å²) in [5, 5.41) is 27.2. The Bertz CT molecular complexity index is 808. The first-order valence-corrected chi connectivity index (χ1v) is 10.3. The molecule has 0 heterocycles. The van der Waals surface area contributed by atoms with E-state index in [2.05, 4.69) is 10.6 Å². The van der Waals surface area contributed by atoms with E-state index in [-0.39, 0.29) is 88.8 Å². The van der Waals surface area contributed by atoms with Gasteiger partial charge in [-0.05, 0) is 6.07 Å². The van der Waals surface area contributed by atoms with Crippen molar-refractivity contribution < 1.29 is 38.4 Å². The van der Waals surface area contributed by atoms with E-state index in [1.807, 2.05) is 0 Å². The minimum atomic E-state index is -0.700. The van der Waals surface area contributed by atoms with Gasteiger partial charge in [0.15, 0.2) is 0 Å². The van der Waals surface area contributed by atoms with Crippen LogP contribution in [0.2, 0.25) is 0 Å². The predicted octanol–water partition coefficient (Wildman–Crippen LogP) is -0.0271. The molecule has 0 aliphatic heterocycles. The lowest BCUT2D eigenvalue weighted by Gasteiger charge is -2.09. The molecule has 2 amide bonds. The zero-order chi connectivity index (χ0) is 25.2. The minimum absolute atomic E-state index is 0.123. The number of nitrogens with two attached hydrogens (primary N) is 1. The van der Waals surface area contributed by atoms with E-state index in [9.17, 15) is 29.8 Å². The summed E-state index contributed by atoms with van der Waals surface area (Å²) < 4.78 is 20.9. The van der Waals surface area contributed by atoms with Crippen LogP contribution in [0.15, 0.2) is 18.2 Å². The molecule has 1 aromatic carbocycles. The molecular formula is C19H29N5O10. The Morgan fingerprint density at radius 2 is 1.47 bits per heavy atom. The molecule has 15 nitrogen and oxygen atoms in total. The first-order chi connectivity index (χ1) is 16.3. The Morgan fingerprint density at radius 1 is 0.853 bits per heavy atom. The lowest BCUT2D eigenvalue weighted by atomic mass is 10.2. The number of primary amides is 1. The lowest BCUT2D eigenvalue weighted by Crippen LogP contribution is -2.31. The fourth-order valence-electron chi connectivity index (χ4n) is 2.39. The molecule has 0 spiro atoms. The van der Waals surface area contributed by atoms with Crippen molar-refractivity contribution in [3.8, 4) is 0 Å². The quantitative estimate of drug-likeness (QED) is 0.126. The number of carbonyl (C=O) groups is 2. The third kappa shape index (κ3) is 13.2. The second-order valence-electron chi connectivity index (χ2n) is 6.60. The average molecular weight is 487 g/mol. The number of nitro benzene ring substituents is 2. The van der Waals surface area contributed by atoms with Crippen molar-refractivity contribution >= 4 is 28.9 Å². The molecule has 34 heavy (non-hydrogen) atoms. The van der Waals surface area contributed by atoms with Crippen LogP contribution in [0.5, 0.6) is 0 Å². The summed E-state index contributed by atoms with van der Waals surface area (Å²) in [7, 11) is 0. The smallest absolute Gasteiger partial charge is 0.299 e. The normalized spacial score (nSPS) is 10.6. The highest BCUT2D eigenvalue weighted by Gasteiger charge is 2.18. The van der Waals surface area contributed by atoms with Gasteiger partial charge in [0.25, 0.3) is 11.4 Å². The number of hydrogen-bond donors (Lipinski definition) is 3. The number of carbonyl (C=O) groups excluding carboxylic acids is 2. The van der Waals surface area contributed by atoms with Gasteiger partial charge < -0.3 is 35.3 Å². The molecule has 0 atom stereocenters. The standard InChI is InChI=1S/C19H29N5O10/c20-18(25)3-6-31-8-5-22-19(26)14-34-12-11-33-10-9-32-7-4-21-16-2-1-15(23(27)28)13-17(16)24(29)30/h1-2,13,21H,3-12,14H2,(H2,20,25)(H,22,26). The number of nitrogens with one attached hydrogen (secondary N) is 2. The van der Waals surface area contributed by atoms with E-state index in [0.29, 0.717) is 6.54 Å². The van der Waals surface area contributed by atoms with Crippen molar-refractivity contribution in [2.75, 3.05) is 71.3 Å². The minimum Gasteiger partial charge on any atom is -0.379 e. The number of amides is 2. The van der Waals surface area contributed by atoms with Crippen LogP contribution in [0, 0.1) is 20.2 Å². The molecule has 0 aliphatic rings. The van der Waals surface area contributed by atoms with Crippen LogP contribution in [-0.2, 0) is 28.5 Å². The molecule has 4 N–H and O–H groups in total. The molecule has 0 radical (unpaired) electrons. The summed E-state index contributed by atoms with van der Waals surface area (Å²) in [6.07, 6.45) is 0.131. The first-order valence-electron chi connectivity index (χ1n) is 10.3. The summed E-state index contributed by atoms with van der Waals surface area (Å²) in [6.45, 7) is 2.18. The Hall–Kier alpha value is -3.40. The summed E-state index contributed by atoms with van der Waals surface area (Å²) in [6, 6.07) is 3.35. The third-order valence-electron chi connectivity index (χ3n) is 3.99. The van der Waals surface area contributed by atoms with Gasteiger partial charge in [-0.2, -0.15) is 0 Å². The molecule has 1 rings (SSSR count). The van der Waals surface area contributed by atoms with E-state index < -0.39 is 15.8 Å². The summed E-state index contributed by atoms with van der Waals surface area (Å²) >= 11 is 0. The maximum atomic E-state index is 11.5. The van der Waals surface area contributed by atoms with Gasteiger partial charge in [0, 0.05) is 25.6 Å². The van der Waals surface area contributed by atoms with Crippen LogP contribution in [0.25, 0.3) is 0 Å². The average Bonchev–Trinajstić information content (AvgIpc) is 2.79. The van der Waals surface area contributed by atoms with E-state index in [1.54, 1.807) is 0 Å². The highest BCUT2D eigenvalue weighted by Crippen LogP contribution is 2.28. The van der Waals surface area contributed by atoms with Crippen LogP contribution < -0.4 is 16.4 Å². The molecule has 0 bridgehead atoms. The molecule has 0 aromatic heterocycles. The summed E-state index contributed by atoms with van der Waals surface area (Å²) in [5.41, 5.74) is 4.37. The molecule has 0 saturated carbocycles. The Balaban J connectivity index is 1.99. The van der Waals surface area contributed by atoms with Gasteiger partial charge in [0.2, 0.25) is 11.8 Å². The number of anilines is 1. The van der Waals surface area contributed by atoms with E-state index in [0.717, 1.165) is 6.07 Å². The number of rotatable bonds is 20. The third-order valence-corrected chi connectivity index (χ3v) is 3.99. The van der Waals surface area contributed by atoms with Crippen molar-refractivity contribution in [2.45, 2.75) is 6.42 Å². The molecule has 190 valence electrons.